The average molecular weight is 551 g/mol. The third-order valence-electron chi connectivity index (χ3n) is 6.06. The van der Waals surface area contributed by atoms with Gasteiger partial charge in [-0.05, 0) is 70.0 Å². The van der Waals surface area contributed by atoms with E-state index in [0.717, 1.165) is 5.56 Å². The molecule has 0 bridgehead atoms. The lowest BCUT2D eigenvalue weighted by Crippen LogP contribution is -2.57. The molecule has 0 heterocycles. The summed E-state index contributed by atoms with van der Waals surface area (Å²) in [5, 5.41) is 25.9. The molecule has 0 aromatic heterocycles. The monoisotopic (exact) mass is 550 g/mol. The Kier molecular flexibility index (Phi) is 16.0. The standard InChI is InChI=1S/C26H42N6O7/c27-14-6-4-10-19(30-23(35)18(29)16-17-8-2-1-3-9-17)24(36)31-20(11-5-7-15-28)25(37)32-21(26(38)39)12-13-22(33)34/h1-3,8-9,18-21H,4-7,10-16,27-29H2,(H,30,35)(H,31,36)(H,32,37)(H,33,34)(H,38,39). The summed E-state index contributed by atoms with van der Waals surface area (Å²) in [6.07, 6.45) is 2.07. The molecule has 0 spiro atoms. The summed E-state index contributed by atoms with van der Waals surface area (Å²) < 4.78 is 0. The van der Waals surface area contributed by atoms with E-state index in [1.165, 1.54) is 0 Å². The number of nitrogens with two attached hydrogens (primary N) is 3. The van der Waals surface area contributed by atoms with Gasteiger partial charge in [0.2, 0.25) is 17.7 Å². The number of carbonyl (C=O) groups is 5. The van der Waals surface area contributed by atoms with Crippen LogP contribution in [0.5, 0.6) is 0 Å². The van der Waals surface area contributed by atoms with Gasteiger partial charge in [-0.15, -0.1) is 0 Å². The Hall–Kier alpha value is -3.55. The van der Waals surface area contributed by atoms with Crippen LogP contribution < -0.4 is 33.2 Å². The second-order valence-electron chi connectivity index (χ2n) is 9.32. The van der Waals surface area contributed by atoms with Crippen LogP contribution in [0, 0.1) is 0 Å². The number of carbonyl (C=O) groups excluding carboxylic acids is 3. The molecule has 1 aromatic carbocycles. The molecule has 0 saturated carbocycles. The highest BCUT2D eigenvalue weighted by molar-refractivity contribution is 5.94. The molecule has 13 nitrogen and oxygen atoms in total. The van der Waals surface area contributed by atoms with E-state index in [1.54, 1.807) is 0 Å². The van der Waals surface area contributed by atoms with Gasteiger partial charge in [0.25, 0.3) is 0 Å². The van der Waals surface area contributed by atoms with Crippen molar-refractivity contribution in [1.82, 2.24) is 16.0 Å². The van der Waals surface area contributed by atoms with Crippen LogP contribution in [-0.4, -0.2) is 77.1 Å². The van der Waals surface area contributed by atoms with Crippen molar-refractivity contribution in [3.63, 3.8) is 0 Å². The molecule has 39 heavy (non-hydrogen) atoms. The van der Waals surface area contributed by atoms with Gasteiger partial charge in [-0.3, -0.25) is 19.2 Å². The zero-order valence-electron chi connectivity index (χ0n) is 22.1. The normalized spacial score (nSPS) is 13.9. The molecule has 0 aliphatic carbocycles. The Bertz CT molecular complexity index is 931. The van der Waals surface area contributed by atoms with Crippen molar-refractivity contribution in [2.45, 2.75) is 82.0 Å². The lowest BCUT2D eigenvalue weighted by Gasteiger charge is -2.25. The molecule has 0 aliphatic heterocycles. The molecule has 0 aliphatic rings. The molecule has 0 fully saturated rings. The van der Waals surface area contributed by atoms with Gasteiger partial charge in [0, 0.05) is 6.42 Å². The molecular weight excluding hydrogens is 508 g/mol. The number of nitrogens with one attached hydrogen (secondary N) is 3. The van der Waals surface area contributed by atoms with Crippen LogP contribution in [0.4, 0.5) is 0 Å². The van der Waals surface area contributed by atoms with E-state index >= 15 is 0 Å². The van der Waals surface area contributed by atoms with E-state index in [9.17, 15) is 29.1 Å². The van der Waals surface area contributed by atoms with Gasteiger partial charge in [-0.1, -0.05) is 30.3 Å². The maximum absolute atomic E-state index is 13.2. The number of carboxylic acids is 2. The van der Waals surface area contributed by atoms with E-state index in [0.29, 0.717) is 38.8 Å². The zero-order valence-corrected chi connectivity index (χ0v) is 22.1. The third-order valence-corrected chi connectivity index (χ3v) is 6.06. The Morgan fingerprint density at radius 1 is 0.692 bits per heavy atom. The lowest BCUT2D eigenvalue weighted by molar-refractivity contribution is -0.143. The van der Waals surface area contributed by atoms with E-state index in [2.05, 4.69) is 16.0 Å². The Balaban J connectivity index is 2.97. The van der Waals surface area contributed by atoms with Gasteiger partial charge in [0.05, 0.1) is 6.04 Å². The van der Waals surface area contributed by atoms with Crippen LogP contribution in [-0.2, 0) is 30.4 Å². The smallest absolute Gasteiger partial charge is 0.326 e. The minimum Gasteiger partial charge on any atom is -0.481 e. The van der Waals surface area contributed by atoms with Crippen LogP contribution in [0.15, 0.2) is 30.3 Å². The van der Waals surface area contributed by atoms with Gasteiger partial charge >= 0.3 is 11.9 Å². The number of benzene rings is 1. The third kappa shape index (κ3) is 13.7. The lowest BCUT2D eigenvalue weighted by atomic mass is 10.0. The fourth-order valence-corrected chi connectivity index (χ4v) is 3.83. The molecule has 4 atom stereocenters. The Morgan fingerprint density at radius 2 is 1.18 bits per heavy atom. The first-order chi connectivity index (χ1) is 18.6. The van der Waals surface area contributed by atoms with Crippen molar-refractivity contribution in [1.29, 1.82) is 0 Å². The van der Waals surface area contributed by atoms with Crippen molar-refractivity contribution >= 4 is 29.7 Å². The van der Waals surface area contributed by atoms with E-state index < -0.39 is 60.2 Å². The summed E-state index contributed by atoms with van der Waals surface area (Å²) in [6, 6.07) is 4.70. The number of unbranched alkanes of at least 4 members (excludes halogenated alkanes) is 2. The number of aliphatic carboxylic acids is 2. The highest BCUT2D eigenvalue weighted by Crippen LogP contribution is 2.08. The van der Waals surface area contributed by atoms with E-state index in [-0.39, 0.29) is 25.7 Å². The largest absolute Gasteiger partial charge is 0.481 e. The number of carboxylic acid groups (broad SMARTS) is 2. The first kappa shape index (κ1) is 33.5. The minimum absolute atomic E-state index is 0.164. The molecule has 218 valence electrons. The summed E-state index contributed by atoms with van der Waals surface area (Å²) in [6.45, 7) is 0.753. The van der Waals surface area contributed by atoms with E-state index in [1.807, 2.05) is 30.3 Å². The van der Waals surface area contributed by atoms with E-state index in [4.69, 9.17) is 22.3 Å². The molecular formula is C26H42N6O7. The second kappa shape index (κ2) is 18.7. The van der Waals surface area contributed by atoms with Gasteiger partial charge < -0.3 is 43.4 Å². The topological polar surface area (TPSA) is 240 Å². The molecule has 13 heteroatoms. The zero-order chi connectivity index (χ0) is 29.2. The van der Waals surface area contributed by atoms with Gasteiger partial charge in [-0.25, -0.2) is 4.79 Å². The Morgan fingerprint density at radius 3 is 1.64 bits per heavy atom. The van der Waals surface area contributed by atoms with Crippen LogP contribution in [0.25, 0.3) is 0 Å². The molecule has 1 aromatic rings. The maximum atomic E-state index is 13.2. The van der Waals surface area contributed by atoms with Crippen molar-refractivity contribution in [2.24, 2.45) is 17.2 Å². The predicted molar refractivity (Wildman–Crippen MR) is 144 cm³/mol. The minimum atomic E-state index is -1.45. The van der Waals surface area contributed by atoms with Crippen LogP contribution in [0.3, 0.4) is 0 Å². The van der Waals surface area contributed by atoms with Gasteiger partial charge in [0.1, 0.15) is 18.1 Å². The maximum Gasteiger partial charge on any atom is 0.326 e. The average Bonchev–Trinajstić information content (AvgIpc) is 2.90. The molecule has 4 unspecified atom stereocenters. The summed E-state index contributed by atoms with van der Waals surface area (Å²) in [7, 11) is 0. The fraction of sp³-hybridized carbons (Fsp3) is 0.577. The van der Waals surface area contributed by atoms with Gasteiger partial charge in [-0.2, -0.15) is 0 Å². The number of rotatable bonds is 20. The predicted octanol–water partition coefficient (Wildman–Crippen LogP) is -0.782. The number of amides is 3. The fourth-order valence-electron chi connectivity index (χ4n) is 3.83. The van der Waals surface area contributed by atoms with Crippen molar-refractivity contribution in [3.8, 4) is 0 Å². The second-order valence-corrected chi connectivity index (χ2v) is 9.32. The van der Waals surface area contributed by atoms with Crippen molar-refractivity contribution in [2.75, 3.05) is 13.1 Å². The first-order valence-electron chi connectivity index (χ1n) is 13.1. The highest BCUT2D eigenvalue weighted by atomic mass is 16.4. The first-order valence-corrected chi connectivity index (χ1v) is 13.1. The number of hydrogen-bond acceptors (Lipinski definition) is 8. The van der Waals surface area contributed by atoms with Crippen LogP contribution in [0.1, 0.15) is 56.9 Å². The molecule has 1 rings (SSSR count). The SMILES string of the molecule is NCCCCC(NC(=O)C(N)Cc1ccccc1)C(=O)NC(CCCCN)C(=O)NC(CCC(=O)O)C(=O)O. The summed E-state index contributed by atoms with van der Waals surface area (Å²) in [4.78, 5) is 61.4. The van der Waals surface area contributed by atoms with Crippen molar-refractivity contribution in [3.05, 3.63) is 35.9 Å². The number of hydrogen-bond donors (Lipinski definition) is 8. The van der Waals surface area contributed by atoms with Crippen LogP contribution in [0.2, 0.25) is 0 Å². The summed E-state index contributed by atoms with van der Waals surface area (Å²) in [5.41, 5.74) is 18.1. The molecule has 11 N–H and O–H groups in total. The van der Waals surface area contributed by atoms with Gasteiger partial charge in [0.15, 0.2) is 0 Å². The van der Waals surface area contributed by atoms with Crippen molar-refractivity contribution < 1.29 is 34.2 Å². The summed E-state index contributed by atoms with van der Waals surface area (Å²) in [5.74, 6) is -4.53. The quantitative estimate of drug-likeness (QED) is 0.0941. The molecule has 0 saturated heterocycles. The molecule has 0 radical (unpaired) electrons. The Labute approximate surface area is 228 Å². The van der Waals surface area contributed by atoms with Crippen LogP contribution >= 0.6 is 0 Å². The highest BCUT2D eigenvalue weighted by Gasteiger charge is 2.30. The summed E-state index contributed by atoms with van der Waals surface area (Å²) >= 11 is 0. The molecule has 3 amide bonds.